The maximum absolute atomic E-state index is 13.8. The second kappa shape index (κ2) is 8.66. The van der Waals surface area contributed by atoms with Crippen molar-refractivity contribution in [1.82, 2.24) is 9.97 Å². The minimum absolute atomic E-state index is 0.00765. The fraction of sp³-hybridized carbons (Fsp3) is 0.0500. The number of aromatic nitrogens is 2. The molecule has 0 aliphatic rings. The van der Waals surface area contributed by atoms with Crippen LogP contribution in [0.1, 0.15) is 21.6 Å². The zero-order chi connectivity index (χ0) is 21.0. The summed E-state index contributed by atoms with van der Waals surface area (Å²) in [6, 6.07) is 9.03. The first-order valence-corrected chi connectivity index (χ1v) is 8.60. The summed E-state index contributed by atoms with van der Waals surface area (Å²) in [5.74, 6) is -2.71. The topological polar surface area (TPSA) is 84.3 Å². The number of carbonyl (C=O) groups excluding carboxylic acids is 1. The fourth-order valence-corrected chi connectivity index (χ4v) is 2.65. The normalized spacial score (nSPS) is 11.2. The van der Waals surface area contributed by atoms with E-state index in [1.165, 1.54) is 49.7 Å². The van der Waals surface area contributed by atoms with Gasteiger partial charge in [0.05, 0.1) is 18.4 Å². The Morgan fingerprint density at radius 2 is 1.93 bits per heavy atom. The Morgan fingerprint density at radius 1 is 1.21 bits per heavy atom. The first kappa shape index (κ1) is 20.2. The third-order valence-corrected chi connectivity index (χ3v) is 4.06. The van der Waals surface area contributed by atoms with Gasteiger partial charge < -0.3 is 15.2 Å². The predicted octanol–water partition coefficient (Wildman–Crippen LogP) is 4.73. The molecule has 0 saturated carbocycles. The summed E-state index contributed by atoms with van der Waals surface area (Å²) in [7, 11) is 1.34. The highest BCUT2D eigenvalue weighted by Crippen LogP contribution is 2.26. The molecule has 3 aromatic rings. The second-order valence-electron chi connectivity index (χ2n) is 5.75. The van der Waals surface area contributed by atoms with E-state index in [4.69, 9.17) is 16.3 Å². The van der Waals surface area contributed by atoms with Crippen LogP contribution in [0.25, 0.3) is 11.8 Å². The molecule has 0 saturated heterocycles. The maximum Gasteiger partial charge on any atom is 0.259 e. The van der Waals surface area contributed by atoms with Gasteiger partial charge in [0.1, 0.15) is 28.8 Å². The number of halogens is 3. The van der Waals surface area contributed by atoms with Gasteiger partial charge in [0.15, 0.2) is 0 Å². The number of aliphatic hydroxyl groups is 1. The fourth-order valence-electron chi connectivity index (χ4n) is 2.49. The van der Waals surface area contributed by atoms with Crippen LogP contribution in [0.3, 0.4) is 0 Å². The van der Waals surface area contributed by atoms with Crippen molar-refractivity contribution in [2.45, 2.75) is 0 Å². The van der Waals surface area contributed by atoms with Crippen LogP contribution in [-0.4, -0.2) is 28.1 Å². The molecule has 0 atom stereocenters. The summed E-state index contributed by atoms with van der Waals surface area (Å²) in [4.78, 5) is 20.3. The molecule has 9 heteroatoms. The van der Waals surface area contributed by atoms with Gasteiger partial charge in [-0.25, -0.2) is 18.7 Å². The Bertz CT molecular complexity index is 1090. The monoisotopic (exact) mass is 417 g/mol. The van der Waals surface area contributed by atoms with Crippen molar-refractivity contribution in [1.29, 1.82) is 0 Å². The highest BCUT2D eigenvalue weighted by molar-refractivity contribution is 6.28. The van der Waals surface area contributed by atoms with Gasteiger partial charge in [-0.15, -0.1) is 0 Å². The predicted molar refractivity (Wildman–Crippen MR) is 105 cm³/mol. The number of benzene rings is 2. The van der Waals surface area contributed by atoms with Gasteiger partial charge in [0.2, 0.25) is 5.28 Å². The Morgan fingerprint density at radius 3 is 2.59 bits per heavy atom. The number of hydrogen-bond donors (Lipinski definition) is 2. The lowest BCUT2D eigenvalue weighted by Crippen LogP contribution is -2.15. The van der Waals surface area contributed by atoms with Crippen molar-refractivity contribution < 1.29 is 23.4 Å². The van der Waals surface area contributed by atoms with Gasteiger partial charge in [-0.2, -0.15) is 0 Å². The number of methoxy groups -OCH3 is 1. The van der Waals surface area contributed by atoms with Crippen LogP contribution in [0, 0.1) is 11.6 Å². The lowest BCUT2D eigenvalue weighted by molar-refractivity contribution is 0.102. The number of ether oxygens (including phenoxy) is 1. The van der Waals surface area contributed by atoms with Crippen LogP contribution >= 0.6 is 11.6 Å². The number of nitrogens with zero attached hydrogens (tertiary/aromatic N) is 2. The van der Waals surface area contributed by atoms with Crippen molar-refractivity contribution >= 4 is 35.0 Å². The summed E-state index contributed by atoms with van der Waals surface area (Å²) >= 11 is 5.72. The van der Waals surface area contributed by atoms with E-state index in [9.17, 15) is 18.7 Å². The molecule has 1 heterocycles. The molecular weight excluding hydrogens is 404 g/mol. The average molecular weight is 418 g/mol. The number of carbonyl (C=O) groups is 1. The van der Waals surface area contributed by atoms with E-state index < -0.39 is 23.2 Å². The molecule has 2 N–H and O–H groups in total. The molecular formula is C20H14ClF2N3O3. The third kappa shape index (κ3) is 4.67. The smallest absolute Gasteiger partial charge is 0.259 e. The number of hydrogen-bond acceptors (Lipinski definition) is 5. The van der Waals surface area contributed by atoms with Crippen LogP contribution in [0.2, 0.25) is 5.28 Å². The van der Waals surface area contributed by atoms with Crippen molar-refractivity contribution in [3.05, 3.63) is 82.4 Å². The van der Waals surface area contributed by atoms with Gasteiger partial charge in [-0.3, -0.25) is 4.79 Å². The Labute approximate surface area is 169 Å². The summed E-state index contributed by atoms with van der Waals surface area (Å²) in [6.07, 6.45) is 2.75. The SMILES string of the molecule is COc1ccc(/C(O)=C\c2ccnc(Cl)n2)cc1C(=O)Nc1c(F)cccc1F. The van der Waals surface area contributed by atoms with Crippen molar-refractivity contribution in [3.8, 4) is 5.75 Å². The summed E-state index contributed by atoms with van der Waals surface area (Å²) < 4.78 is 32.8. The molecule has 29 heavy (non-hydrogen) atoms. The molecule has 0 radical (unpaired) electrons. The maximum atomic E-state index is 13.8. The van der Waals surface area contributed by atoms with E-state index in [1.54, 1.807) is 0 Å². The van der Waals surface area contributed by atoms with Gasteiger partial charge in [0.25, 0.3) is 5.91 Å². The number of amides is 1. The van der Waals surface area contributed by atoms with Crippen LogP contribution in [0.15, 0.2) is 48.7 Å². The number of aliphatic hydroxyl groups excluding tert-OH is 1. The summed E-state index contributed by atoms with van der Waals surface area (Å²) in [5, 5.41) is 12.6. The highest BCUT2D eigenvalue weighted by atomic mass is 35.5. The van der Waals surface area contributed by atoms with Crippen molar-refractivity contribution in [2.24, 2.45) is 0 Å². The second-order valence-corrected chi connectivity index (χ2v) is 6.08. The number of para-hydroxylation sites is 1. The molecule has 0 aliphatic carbocycles. The molecule has 0 unspecified atom stereocenters. The first-order valence-electron chi connectivity index (χ1n) is 8.22. The van der Waals surface area contributed by atoms with Crippen molar-refractivity contribution in [3.63, 3.8) is 0 Å². The molecule has 148 valence electrons. The van der Waals surface area contributed by atoms with Gasteiger partial charge in [-0.05, 0) is 48.0 Å². The van der Waals surface area contributed by atoms with Crippen LogP contribution in [0.4, 0.5) is 14.5 Å². The first-order chi connectivity index (χ1) is 13.9. The van der Waals surface area contributed by atoms with E-state index in [1.807, 2.05) is 0 Å². The molecule has 0 spiro atoms. The Hall–Kier alpha value is -3.52. The largest absolute Gasteiger partial charge is 0.507 e. The van der Waals surface area contributed by atoms with Crippen LogP contribution in [0.5, 0.6) is 5.75 Å². The molecule has 1 amide bonds. The molecule has 0 aliphatic heterocycles. The zero-order valence-electron chi connectivity index (χ0n) is 15.0. The quantitative estimate of drug-likeness (QED) is 0.463. The van der Waals surface area contributed by atoms with E-state index in [-0.39, 0.29) is 27.9 Å². The molecule has 1 aromatic heterocycles. The van der Waals surface area contributed by atoms with Gasteiger partial charge in [0, 0.05) is 17.8 Å². The van der Waals surface area contributed by atoms with E-state index in [2.05, 4.69) is 15.3 Å². The summed E-state index contributed by atoms with van der Waals surface area (Å²) in [6.45, 7) is 0. The van der Waals surface area contributed by atoms with Gasteiger partial charge >= 0.3 is 0 Å². The van der Waals surface area contributed by atoms with Crippen molar-refractivity contribution in [2.75, 3.05) is 12.4 Å². The number of anilines is 1. The summed E-state index contributed by atoms with van der Waals surface area (Å²) in [5.41, 5.74) is -0.0221. The van der Waals surface area contributed by atoms with Crippen LogP contribution < -0.4 is 10.1 Å². The number of nitrogens with one attached hydrogen (secondary N) is 1. The van der Waals surface area contributed by atoms with Gasteiger partial charge in [-0.1, -0.05) is 6.07 Å². The van der Waals surface area contributed by atoms with E-state index in [0.717, 1.165) is 12.1 Å². The molecule has 2 aromatic carbocycles. The zero-order valence-corrected chi connectivity index (χ0v) is 15.7. The molecule has 0 bridgehead atoms. The highest BCUT2D eigenvalue weighted by Gasteiger charge is 2.18. The average Bonchev–Trinajstić information content (AvgIpc) is 2.70. The lowest BCUT2D eigenvalue weighted by Gasteiger charge is -2.12. The van der Waals surface area contributed by atoms with E-state index in [0.29, 0.717) is 5.69 Å². The standard InChI is InChI=1S/C20H14ClF2N3O3/c1-29-17-6-5-11(16(27)10-12-7-8-24-20(21)25-12)9-13(17)19(28)26-18-14(22)3-2-4-15(18)23/h2-10,27H,1H3,(H,26,28)/b16-10+. The Balaban J connectivity index is 1.95. The third-order valence-electron chi connectivity index (χ3n) is 3.87. The lowest BCUT2D eigenvalue weighted by atomic mass is 10.1. The number of rotatable bonds is 5. The molecule has 0 fully saturated rings. The van der Waals surface area contributed by atoms with Crippen LogP contribution in [-0.2, 0) is 0 Å². The molecule has 3 rings (SSSR count). The Kier molecular flexibility index (Phi) is 6.04. The minimum atomic E-state index is -0.920. The van der Waals surface area contributed by atoms with E-state index >= 15 is 0 Å². The molecule has 6 nitrogen and oxygen atoms in total. The minimum Gasteiger partial charge on any atom is -0.507 e.